The van der Waals surface area contributed by atoms with E-state index in [1.165, 1.54) is 0 Å². The highest BCUT2D eigenvalue weighted by molar-refractivity contribution is 6.31. The average molecular weight is 127 g/mol. The first-order valence-corrected chi connectivity index (χ1v) is 2.66. The Bertz CT molecular complexity index is 165. The van der Waals surface area contributed by atoms with Gasteiger partial charge in [-0.3, -0.25) is 4.98 Å². The van der Waals surface area contributed by atoms with Crippen molar-refractivity contribution in [2.24, 2.45) is 0 Å². The molecule has 0 aliphatic heterocycles. The van der Waals surface area contributed by atoms with E-state index in [0.717, 1.165) is 5.56 Å². The smallest absolute Gasteiger partial charge is 0.0624 e. The fraction of sp³-hybridized carbons (Fsp3) is 0.167. The van der Waals surface area contributed by atoms with Crippen LogP contribution >= 0.6 is 11.6 Å². The minimum atomic E-state index is 0.674. The van der Waals surface area contributed by atoms with Gasteiger partial charge in [-0.2, -0.15) is 0 Å². The molecule has 8 heavy (non-hydrogen) atoms. The monoisotopic (exact) mass is 126 g/mol. The highest BCUT2D eigenvalue weighted by Crippen LogP contribution is 2.09. The maximum atomic E-state index is 5.61. The predicted molar refractivity (Wildman–Crippen MR) is 32.8 cm³/mol. The first-order valence-electron chi connectivity index (χ1n) is 2.28. The fourth-order valence-corrected chi connectivity index (χ4v) is 0.513. The van der Waals surface area contributed by atoms with Crippen LogP contribution in [0.15, 0.2) is 12.4 Å². The van der Waals surface area contributed by atoms with Crippen molar-refractivity contribution in [2.45, 2.75) is 6.92 Å². The van der Waals surface area contributed by atoms with Crippen LogP contribution in [-0.2, 0) is 0 Å². The predicted octanol–water partition coefficient (Wildman–Crippen LogP) is 1.84. The van der Waals surface area contributed by atoms with Crippen molar-refractivity contribution in [3.05, 3.63) is 29.0 Å². The molecule has 1 nitrogen and oxygen atoms in total. The van der Waals surface area contributed by atoms with Crippen LogP contribution < -0.4 is 0 Å². The van der Waals surface area contributed by atoms with Gasteiger partial charge in [-0.1, -0.05) is 11.6 Å². The van der Waals surface area contributed by atoms with Crippen molar-refractivity contribution in [3.8, 4) is 0 Å². The summed E-state index contributed by atoms with van der Waals surface area (Å²) in [5, 5.41) is 0.674. The third-order valence-electron chi connectivity index (χ3n) is 0.902. The van der Waals surface area contributed by atoms with Gasteiger partial charge in [-0.05, 0) is 12.5 Å². The van der Waals surface area contributed by atoms with E-state index < -0.39 is 0 Å². The van der Waals surface area contributed by atoms with E-state index in [2.05, 4.69) is 11.1 Å². The Hall–Kier alpha value is -0.560. The zero-order chi connectivity index (χ0) is 5.98. The van der Waals surface area contributed by atoms with Crippen LogP contribution in [0.4, 0.5) is 0 Å². The number of pyridine rings is 1. The van der Waals surface area contributed by atoms with E-state index in [0.29, 0.717) is 5.02 Å². The summed E-state index contributed by atoms with van der Waals surface area (Å²) in [5.41, 5.74) is 0.946. The van der Waals surface area contributed by atoms with Gasteiger partial charge in [0.05, 0.1) is 5.02 Å². The maximum Gasteiger partial charge on any atom is 0.0624 e. The quantitative estimate of drug-likeness (QED) is 0.517. The van der Waals surface area contributed by atoms with Crippen LogP contribution in [0, 0.1) is 13.0 Å². The average Bonchev–Trinajstić information content (AvgIpc) is 1.77. The second-order valence-electron chi connectivity index (χ2n) is 1.52. The highest BCUT2D eigenvalue weighted by atomic mass is 35.5. The van der Waals surface area contributed by atoms with E-state index >= 15 is 0 Å². The van der Waals surface area contributed by atoms with E-state index in [4.69, 9.17) is 11.6 Å². The molecule has 0 N–H and O–H groups in total. The standard InChI is InChI=1S/C6H5ClN/c1-5-2-3-8-4-6(5)7/h3-4H,1H3. The maximum absolute atomic E-state index is 5.61. The number of rotatable bonds is 0. The Morgan fingerprint density at radius 2 is 2.50 bits per heavy atom. The summed E-state index contributed by atoms with van der Waals surface area (Å²) in [7, 11) is 0. The molecule has 0 saturated heterocycles. The fourth-order valence-electron chi connectivity index (χ4n) is 0.403. The van der Waals surface area contributed by atoms with Crippen LogP contribution in [0.2, 0.25) is 5.02 Å². The molecule has 0 saturated carbocycles. The molecule has 0 fully saturated rings. The molecule has 0 atom stereocenters. The van der Waals surface area contributed by atoms with Gasteiger partial charge in [-0.15, -0.1) is 0 Å². The number of nitrogens with zero attached hydrogens (tertiary/aromatic N) is 1. The van der Waals surface area contributed by atoms with Crippen molar-refractivity contribution < 1.29 is 0 Å². The summed E-state index contributed by atoms with van der Waals surface area (Å²) in [4.78, 5) is 3.76. The second-order valence-corrected chi connectivity index (χ2v) is 1.93. The van der Waals surface area contributed by atoms with Crippen LogP contribution in [-0.4, -0.2) is 4.98 Å². The topological polar surface area (TPSA) is 12.9 Å². The lowest BCUT2D eigenvalue weighted by molar-refractivity contribution is 1.28. The Balaban J connectivity index is 3.13. The van der Waals surface area contributed by atoms with Gasteiger partial charge < -0.3 is 0 Å². The molecule has 1 rings (SSSR count). The number of aryl methyl sites for hydroxylation is 1. The molecule has 0 bridgehead atoms. The largest absolute Gasteiger partial charge is 0.263 e. The molecule has 0 unspecified atom stereocenters. The molecule has 0 amide bonds. The van der Waals surface area contributed by atoms with E-state index in [-0.39, 0.29) is 0 Å². The summed E-state index contributed by atoms with van der Waals surface area (Å²) in [6.45, 7) is 1.89. The number of halogens is 1. The molecule has 41 valence electrons. The number of aromatic nitrogens is 1. The molecule has 0 aliphatic rings. The second kappa shape index (κ2) is 2.14. The molecular weight excluding hydrogens is 122 g/mol. The summed E-state index contributed by atoms with van der Waals surface area (Å²) < 4.78 is 0. The molecule has 0 aliphatic carbocycles. The number of hydrogen-bond acceptors (Lipinski definition) is 1. The molecule has 0 spiro atoms. The molecule has 1 heterocycles. The van der Waals surface area contributed by atoms with Gasteiger partial charge in [0.2, 0.25) is 0 Å². The number of hydrogen-bond donors (Lipinski definition) is 0. The molecule has 1 aromatic heterocycles. The van der Waals surface area contributed by atoms with Crippen LogP contribution in [0.25, 0.3) is 0 Å². The first-order chi connectivity index (χ1) is 3.80. The minimum absolute atomic E-state index is 0.674. The van der Waals surface area contributed by atoms with Gasteiger partial charge in [-0.25, -0.2) is 0 Å². The zero-order valence-corrected chi connectivity index (χ0v) is 5.24. The third kappa shape index (κ3) is 0.984. The van der Waals surface area contributed by atoms with Crippen molar-refractivity contribution >= 4 is 11.6 Å². The van der Waals surface area contributed by atoms with Gasteiger partial charge in [0.15, 0.2) is 0 Å². The molecule has 2 heteroatoms. The molecule has 0 aromatic carbocycles. The minimum Gasteiger partial charge on any atom is -0.263 e. The van der Waals surface area contributed by atoms with Gasteiger partial charge in [0.1, 0.15) is 0 Å². The summed E-state index contributed by atoms with van der Waals surface area (Å²) in [6.07, 6.45) is 3.20. The highest BCUT2D eigenvalue weighted by Gasteiger charge is 1.88. The summed E-state index contributed by atoms with van der Waals surface area (Å²) >= 11 is 5.61. The first kappa shape index (κ1) is 5.57. The van der Waals surface area contributed by atoms with E-state index in [1.807, 2.05) is 6.92 Å². The van der Waals surface area contributed by atoms with Crippen LogP contribution in [0.5, 0.6) is 0 Å². The van der Waals surface area contributed by atoms with Crippen LogP contribution in [0.3, 0.4) is 0 Å². The van der Waals surface area contributed by atoms with Crippen molar-refractivity contribution in [2.75, 3.05) is 0 Å². The molecular formula is C6H5ClN. The SMILES string of the molecule is Cc1[c]cncc1Cl. The van der Waals surface area contributed by atoms with Crippen molar-refractivity contribution in [3.63, 3.8) is 0 Å². The van der Waals surface area contributed by atoms with E-state index in [9.17, 15) is 0 Å². The normalized spacial score (nSPS) is 9.25. The third-order valence-corrected chi connectivity index (χ3v) is 1.28. The lowest BCUT2D eigenvalue weighted by atomic mass is 10.3. The summed E-state index contributed by atoms with van der Waals surface area (Å²) in [6, 6.07) is 2.86. The Morgan fingerprint density at radius 3 is 2.88 bits per heavy atom. The van der Waals surface area contributed by atoms with Gasteiger partial charge >= 0.3 is 0 Å². The van der Waals surface area contributed by atoms with Crippen LogP contribution in [0.1, 0.15) is 5.56 Å². The Labute approximate surface area is 53.3 Å². The van der Waals surface area contributed by atoms with Crippen molar-refractivity contribution in [1.82, 2.24) is 4.98 Å². The van der Waals surface area contributed by atoms with E-state index in [1.54, 1.807) is 12.4 Å². The molecule has 1 aromatic rings. The van der Waals surface area contributed by atoms with Crippen molar-refractivity contribution in [1.29, 1.82) is 0 Å². The lowest BCUT2D eigenvalue weighted by Crippen LogP contribution is -1.74. The van der Waals surface area contributed by atoms with Gasteiger partial charge in [0, 0.05) is 18.5 Å². The molecule has 1 radical (unpaired) electrons. The Morgan fingerprint density at radius 1 is 1.75 bits per heavy atom. The Kier molecular flexibility index (Phi) is 1.49. The van der Waals surface area contributed by atoms with Gasteiger partial charge in [0.25, 0.3) is 0 Å². The summed E-state index contributed by atoms with van der Waals surface area (Å²) in [5.74, 6) is 0. The lowest BCUT2D eigenvalue weighted by Gasteiger charge is -1.89. The zero-order valence-electron chi connectivity index (χ0n) is 4.48.